The van der Waals surface area contributed by atoms with E-state index in [4.69, 9.17) is 0 Å². The smallest absolute Gasteiger partial charge is 0.206 e. The molecule has 4 aliphatic carbocycles. The minimum Gasteiger partial charge on any atom is -0.206 e. The zero-order chi connectivity index (χ0) is 14.8. The van der Waals surface area contributed by atoms with Crippen LogP contribution >= 0.6 is 27.3 Å². The van der Waals surface area contributed by atoms with Gasteiger partial charge in [-0.25, -0.2) is 8.42 Å². The molecule has 0 amide bonds. The molecular weight excluding hydrogens is 370 g/mol. The van der Waals surface area contributed by atoms with Crippen molar-refractivity contribution in [1.82, 2.24) is 4.31 Å². The Morgan fingerprint density at radius 2 is 1.67 bits per heavy atom. The van der Waals surface area contributed by atoms with Crippen LogP contribution < -0.4 is 0 Å². The first kappa shape index (κ1) is 14.7. The summed E-state index contributed by atoms with van der Waals surface area (Å²) in [5.74, 6) is 2.92. The van der Waals surface area contributed by atoms with Gasteiger partial charge in [-0.15, -0.1) is 11.3 Å². The Bertz CT molecular complexity index is 626. The van der Waals surface area contributed by atoms with Crippen molar-refractivity contribution in [1.29, 1.82) is 0 Å². The molecule has 4 fully saturated rings. The second-order valence-electron chi connectivity index (χ2n) is 7.00. The molecule has 0 spiro atoms. The number of halogens is 1. The van der Waals surface area contributed by atoms with Crippen molar-refractivity contribution in [2.75, 3.05) is 7.05 Å². The molecule has 0 atom stereocenters. The molecule has 3 nitrogen and oxygen atoms in total. The molecule has 1 heterocycles. The predicted molar refractivity (Wildman–Crippen MR) is 87.8 cm³/mol. The Labute approximate surface area is 138 Å². The zero-order valence-corrected chi connectivity index (χ0v) is 15.3. The summed E-state index contributed by atoms with van der Waals surface area (Å²) >= 11 is 4.68. The van der Waals surface area contributed by atoms with Gasteiger partial charge in [0, 0.05) is 13.1 Å². The van der Waals surface area contributed by atoms with Crippen molar-refractivity contribution in [2.45, 2.75) is 42.4 Å². The van der Waals surface area contributed by atoms with Gasteiger partial charge in [0.05, 0.1) is 3.79 Å². The second-order valence-corrected chi connectivity index (χ2v) is 11.7. The minimum absolute atomic E-state index is 0.226. The van der Waals surface area contributed by atoms with Crippen LogP contribution in [0.15, 0.2) is 20.1 Å². The third-order valence-electron chi connectivity index (χ3n) is 5.78. The Morgan fingerprint density at radius 1 is 1.10 bits per heavy atom. The van der Waals surface area contributed by atoms with E-state index in [1.807, 2.05) is 6.07 Å². The summed E-state index contributed by atoms with van der Waals surface area (Å²) in [6, 6.07) is 3.77. The van der Waals surface area contributed by atoms with E-state index in [1.165, 1.54) is 43.4 Å². The molecule has 0 N–H and O–H groups in total. The third-order valence-corrected chi connectivity index (χ3v) is 9.73. The molecule has 4 aliphatic rings. The maximum absolute atomic E-state index is 12.9. The van der Waals surface area contributed by atoms with Crippen molar-refractivity contribution < 1.29 is 8.42 Å². The highest BCUT2D eigenvalue weighted by Gasteiger charge is 2.51. The van der Waals surface area contributed by atoms with Crippen LogP contribution in [0.2, 0.25) is 0 Å². The standard InChI is InChI=1S/C15H20BrNO2S2/c1-17(21(18,19)14-3-2-13(16)20-14)15-11-5-9-4-10(7-11)8-12(15)6-9/h2-3,9-12,15H,4-8H2,1H3. The summed E-state index contributed by atoms with van der Waals surface area (Å²) in [6.45, 7) is 0. The van der Waals surface area contributed by atoms with E-state index in [2.05, 4.69) is 15.9 Å². The number of nitrogens with zero attached hydrogens (tertiary/aromatic N) is 1. The molecule has 0 aromatic carbocycles. The van der Waals surface area contributed by atoms with E-state index in [9.17, 15) is 8.42 Å². The molecule has 0 radical (unpaired) electrons. The van der Waals surface area contributed by atoms with Gasteiger partial charge in [-0.1, -0.05) is 0 Å². The Kier molecular flexibility index (Phi) is 3.52. The van der Waals surface area contributed by atoms with Gasteiger partial charge < -0.3 is 0 Å². The number of sulfonamides is 1. The summed E-state index contributed by atoms with van der Waals surface area (Å²) in [6.07, 6.45) is 6.36. The van der Waals surface area contributed by atoms with E-state index in [0.29, 0.717) is 16.0 Å². The molecule has 21 heavy (non-hydrogen) atoms. The first-order chi connectivity index (χ1) is 9.95. The van der Waals surface area contributed by atoms with Crippen LogP contribution in [0, 0.1) is 23.7 Å². The van der Waals surface area contributed by atoms with E-state index in [1.54, 1.807) is 17.4 Å². The van der Waals surface area contributed by atoms with Crippen LogP contribution in [0.1, 0.15) is 32.1 Å². The molecule has 0 unspecified atom stereocenters. The third kappa shape index (κ3) is 2.33. The molecule has 4 saturated carbocycles. The van der Waals surface area contributed by atoms with Crippen LogP contribution in [-0.2, 0) is 10.0 Å². The molecule has 4 bridgehead atoms. The fraction of sp³-hybridized carbons (Fsp3) is 0.733. The molecule has 6 heteroatoms. The summed E-state index contributed by atoms with van der Waals surface area (Å²) in [5.41, 5.74) is 0. The summed E-state index contributed by atoms with van der Waals surface area (Å²) < 4.78 is 28.8. The number of hydrogen-bond acceptors (Lipinski definition) is 3. The highest BCUT2D eigenvalue weighted by molar-refractivity contribution is 9.11. The topological polar surface area (TPSA) is 37.4 Å². The van der Waals surface area contributed by atoms with E-state index < -0.39 is 10.0 Å². The largest absolute Gasteiger partial charge is 0.252 e. The van der Waals surface area contributed by atoms with Gasteiger partial charge in [-0.2, -0.15) is 4.31 Å². The van der Waals surface area contributed by atoms with Crippen LogP contribution in [0.4, 0.5) is 0 Å². The van der Waals surface area contributed by atoms with Gasteiger partial charge in [0.25, 0.3) is 10.0 Å². The van der Waals surface area contributed by atoms with E-state index >= 15 is 0 Å². The van der Waals surface area contributed by atoms with Crippen molar-refractivity contribution in [3.8, 4) is 0 Å². The van der Waals surface area contributed by atoms with E-state index in [-0.39, 0.29) is 6.04 Å². The monoisotopic (exact) mass is 389 g/mol. The number of thiophene rings is 1. The Hall–Kier alpha value is 0.0900. The van der Waals surface area contributed by atoms with Gasteiger partial charge in [0.1, 0.15) is 4.21 Å². The fourth-order valence-corrected chi connectivity index (χ4v) is 8.90. The van der Waals surface area contributed by atoms with E-state index in [0.717, 1.165) is 15.6 Å². The molecule has 1 aromatic heterocycles. The molecule has 116 valence electrons. The lowest BCUT2D eigenvalue weighted by molar-refractivity contribution is -0.0350. The normalized spacial score (nSPS) is 38.3. The van der Waals surface area contributed by atoms with Crippen molar-refractivity contribution >= 4 is 37.3 Å². The quantitative estimate of drug-likeness (QED) is 0.784. The van der Waals surface area contributed by atoms with Crippen molar-refractivity contribution in [3.05, 3.63) is 15.9 Å². The highest BCUT2D eigenvalue weighted by Crippen LogP contribution is 2.55. The molecule has 0 saturated heterocycles. The minimum atomic E-state index is -3.34. The average Bonchev–Trinajstić information content (AvgIpc) is 2.84. The summed E-state index contributed by atoms with van der Waals surface area (Å²) in [4.78, 5) is 0. The lowest BCUT2D eigenvalue weighted by atomic mass is 9.54. The molecule has 5 rings (SSSR count). The predicted octanol–water partition coefficient (Wildman–Crippen LogP) is 3.96. The Morgan fingerprint density at radius 3 is 2.14 bits per heavy atom. The van der Waals surface area contributed by atoms with Crippen LogP contribution in [-0.4, -0.2) is 25.8 Å². The van der Waals surface area contributed by atoms with Crippen molar-refractivity contribution in [3.63, 3.8) is 0 Å². The van der Waals surface area contributed by atoms with Crippen LogP contribution in [0.3, 0.4) is 0 Å². The highest BCUT2D eigenvalue weighted by atomic mass is 79.9. The maximum Gasteiger partial charge on any atom is 0.252 e. The van der Waals surface area contributed by atoms with Gasteiger partial charge in [-0.05, 0) is 83.8 Å². The molecule has 1 aromatic rings. The SMILES string of the molecule is CN(C1C2CC3CC(C2)CC1C3)S(=O)(=O)c1ccc(Br)s1. The second kappa shape index (κ2) is 5.05. The van der Waals surface area contributed by atoms with Gasteiger partial charge >= 0.3 is 0 Å². The van der Waals surface area contributed by atoms with Crippen molar-refractivity contribution in [2.24, 2.45) is 23.7 Å². The maximum atomic E-state index is 12.9. The van der Waals surface area contributed by atoms with Crippen LogP contribution in [0.5, 0.6) is 0 Å². The first-order valence-corrected chi connectivity index (χ1v) is 10.7. The first-order valence-electron chi connectivity index (χ1n) is 7.68. The summed E-state index contributed by atoms with van der Waals surface area (Å²) in [5, 5.41) is 0. The lowest BCUT2D eigenvalue weighted by Crippen LogP contribution is -2.56. The average molecular weight is 390 g/mol. The van der Waals surface area contributed by atoms with Gasteiger partial charge in [0.2, 0.25) is 0 Å². The van der Waals surface area contributed by atoms with Gasteiger partial charge in [-0.3, -0.25) is 0 Å². The zero-order valence-electron chi connectivity index (χ0n) is 12.0. The number of hydrogen-bond donors (Lipinski definition) is 0. The molecular formula is C15H20BrNO2S2. The van der Waals surface area contributed by atoms with Gasteiger partial charge in [0.15, 0.2) is 0 Å². The fourth-order valence-electron chi connectivity index (χ4n) is 5.23. The lowest BCUT2D eigenvalue weighted by Gasteiger charge is -2.56. The molecule has 0 aliphatic heterocycles. The van der Waals surface area contributed by atoms with Crippen LogP contribution in [0.25, 0.3) is 0 Å². The summed E-state index contributed by atoms with van der Waals surface area (Å²) in [7, 11) is -1.54. The number of rotatable bonds is 3. The Balaban J connectivity index is 1.64.